The molecule has 2 amide bonds. The van der Waals surface area contributed by atoms with Crippen LogP contribution in [0.3, 0.4) is 0 Å². The van der Waals surface area contributed by atoms with Gasteiger partial charge >= 0.3 is 6.61 Å². The van der Waals surface area contributed by atoms with Crippen molar-refractivity contribution < 1.29 is 23.1 Å². The molecular formula is C38H36F2N8O3. The highest BCUT2D eigenvalue weighted by molar-refractivity contribution is 6.01. The number of alkyl halides is 2. The number of ether oxygens (including phenoxy) is 1. The number of amides is 2. The molecule has 5 heterocycles. The van der Waals surface area contributed by atoms with Gasteiger partial charge in [0.15, 0.2) is 11.4 Å². The van der Waals surface area contributed by atoms with Crippen molar-refractivity contribution in [2.75, 3.05) is 38.0 Å². The first kappa shape index (κ1) is 32.8. The minimum atomic E-state index is -3.17. The van der Waals surface area contributed by atoms with E-state index in [1.54, 1.807) is 52.7 Å². The number of H-pyrrole nitrogens is 1. The minimum absolute atomic E-state index is 0.00427. The van der Waals surface area contributed by atoms with Crippen LogP contribution < -0.4 is 5.32 Å². The number of halogens is 2. The molecule has 1 saturated heterocycles. The topological polar surface area (TPSA) is 129 Å². The second-order valence-corrected chi connectivity index (χ2v) is 13.3. The van der Waals surface area contributed by atoms with Crippen LogP contribution in [-0.2, 0) is 14.3 Å². The van der Waals surface area contributed by atoms with Crippen molar-refractivity contribution >= 4 is 34.0 Å². The van der Waals surface area contributed by atoms with Crippen LogP contribution in [0.1, 0.15) is 42.9 Å². The maximum Gasteiger partial charge on any atom is 0.346 e. The Hall–Kier alpha value is -5.40. The van der Waals surface area contributed by atoms with Gasteiger partial charge in [0, 0.05) is 78.6 Å². The molecular weight excluding hydrogens is 654 g/mol. The maximum absolute atomic E-state index is 13.8. The number of nitrogens with one attached hydrogen (secondary N) is 2. The third-order valence-corrected chi connectivity index (χ3v) is 9.91. The highest BCUT2D eigenvalue weighted by Crippen LogP contribution is 2.40. The smallest absolute Gasteiger partial charge is 0.338 e. The van der Waals surface area contributed by atoms with Gasteiger partial charge in [-0.15, -0.1) is 0 Å². The van der Waals surface area contributed by atoms with Crippen LogP contribution in [0.5, 0.6) is 0 Å². The largest absolute Gasteiger partial charge is 0.346 e. The number of nitrogens with zero attached hydrogens (tertiary/aromatic N) is 6. The quantitative estimate of drug-likeness (QED) is 0.186. The van der Waals surface area contributed by atoms with Gasteiger partial charge in [-0.05, 0) is 73.2 Å². The first-order valence-corrected chi connectivity index (χ1v) is 17.1. The molecule has 1 saturated carbocycles. The molecule has 13 heteroatoms. The third-order valence-electron chi connectivity index (χ3n) is 9.91. The first-order chi connectivity index (χ1) is 24.8. The summed E-state index contributed by atoms with van der Waals surface area (Å²) in [5.74, 6) is 0.327. The molecule has 11 nitrogen and oxygen atoms in total. The van der Waals surface area contributed by atoms with E-state index in [9.17, 15) is 18.4 Å². The summed E-state index contributed by atoms with van der Waals surface area (Å²) in [7, 11) is 0. The molecule has 0 spiro atoms. The van der Waals surface area contributed by atoms with Crippen molar-refractivity contribution in [3.05, 3.63) is 96.6 Å². The molecule has 5 aromatic rings. The number of rotatable bonds is 10. The Balaban J connectivity index is 0.912. The monoisotopic (exact) mass is 690 g/mol. The maximum atomic E-state index is 13.8. The summed E-state index contributed by atoms with van der Waals surface area (Å²) in [4.78, 5) is 43.6. The van der Waals surface area contributed by atoms with E-state index in [1.165, 1.54) is 0 Å². The molecule has 0 bridgehead atoms. The van der Waals surface area contributed by atoms with Crippen molar-refractivity contribution in [2.45, 2.75) is 43.8 Å². The normalized spacial score (nSPS) is 19.4. The summed E-state index contributed by atoms with van der Waals surface area (Å²) in [6, 6.07) is 19.0. The van der Waals surface area contributed by atoms with E-state index in [1.807, 2.05) is 42.5 Å². The lowest BCUT2D eigenvalue weighted by atomic mass is 9.98. The van der Waals surface area contributed by atoms with Crippen LogP contribution in [0.15, 0.2) is 85.3 Å². The van der Waals surface area contributed by atoms with Gasteiger partial charge in [0.1, 0.15) is 5.69 Å². The number of hydrogen-bond donors (Lipinski definition) is 2. The van der Waals surface area contributed by atoms with E-state index >= 15 is 0 Å². The molecule has 8 rings (SSSR count). The number of aromatic nitrogens is 5. The number of carbonyl (C=O) groups is 2. The summed E-state index contributed by atoms with van der Waals surface area (Å²) < 4.78 is 32.6. The summed E-state index contributed by atoms with van der Waals surface area (Å²) in [6.45, 7) is -2.08. The van der Waals surface area contributed by atoms with E-state index < -0.39 is 18.1 Å². The average molecular weight is 691 g/mol. The number of fused-ring (bicyclic) bond motifs is 1. The second-order valence-electron chi connectivity index (χ2n) is 13.3. The fourth-order valence-electron chi connectivity index (χ4n) is 6.98. The number of benzene rings is 2. The second kappa shape index (κ2) is 13.7. The minimum Gasteiger partial charge on any atom is -0.338 e. The van der Waals surface area contributed by atoms with Crippen molar-refractivity contribution in [3.8, 4) is 22.6 Å². The summed E-state index contributed by atoms with van der Waals surface area (Å²) >= 11 is 0. The zero-order chi connectivity index (χ0) is 35.0. The number of likely N-dealkylation sites (tertiary alicyclic amines) is 1. The van der Waals surface area contributed by atoms with Gasteiger partial charge in [-0.25, -0.2) is 9.97 Å². The standard InChI is InChI=1S/C38H36F2N8O3/c39-37(40)51-38(36(50)44-29-8-9-31-30(21-29)34(46-45-31)28-10-16-41-32(20-28)26-4-5-26)13-19-47(23-38)22-33(49)48-17-11-25(12-18-48)24-2-6-27(7-3-24)35-42-14-1-15-43-35/h1-3,6-11,14-16,20-21,26,37H,4-5,12-13,17-19,22-23H2,(H,44,50)(H,45,46)/t38-/m0/s1. The Morgan fingerprint density at radius 3 is 2.51 bits per heavy atom. The summed E-state index contributed by atoms with van der Waals surface area (Å²) in [5, 5.41) is 11.1. The molecule has 2 aromatic carbocycles. The summed E-state index contributed by atoms with van der Waals surface area (Å²) in [6.07, 6.45) is 10.2. The Labute approximate surface area is 292 Å². The Kier molecular flexibility index (Phi) is 8.82. The van der Waals surface area contributed by atoms with Crippen molar-refractivity contribution in [3.63, 3.8) is 0 Å². The lowest BCUT2D eigenvalue weighted by Gasteiger charge is -2.30. The average Bonchev–Trinajstić information content (AvgIpc) is 3.81. The van der Waals surface area contributed by atoms with Crippen LogP contribution in [0.2, 0.25) is 0 Å². The Morgan fingerprint density at radius 1 is 0.961 bits per heavy atom. The highest BCUT2D eigenvalue weighted by Gasteiger charge is 2.48. The zero-order valence-electron chi connectivity index (χ0n) is 27.8. The van der Waals surface area contributed by atoms with Crippen molar-refractivity contribution in [2.24, 2.45) is 0 Å². The van der Waals surface area contributed by atoms with Crippen molar-refractivity contribution in [1.29, 1.82) is 0 Å². The molecule has 1 aliphatic carbocycles. The predicted molar refractivity (Wildman–Crippen MR) is 187 cm³/mol. The molecule has 0 unspecified atom stereocenters. The number of carbonyl (C=O) groups excluding carboxylic acids is 2. The van der Waals surface area contributed by atoms with Crippen LogP contribution in [0.25, 0.3) is 39.1 Å². The van der Waals surface area contributed by atoms with Gasteiger partial charge in [0.25, 0.3) is 5.91 Å². The van der Waals surface area contributed by atoms with Crippen LogP contribution in [0, 0.1) is 0 Å². The van der Waals surface area contributed by atoms with Gasteiger partial charge in [0.05, 0.1) is 12.1 Å². The molecule has 2 aliphatic heterocycles. The lowest BCUT2D eigenvalue weighted by Crippen LogP contribution is -2.50. The van der Waals surface area contributed by atoms with Gasteiger partial charge in [-0.1, -0.05) is 30.3 Å². The van der Waals surface area contributed by atoms with E-state index in [0.717, 1.165) is 51.7 Å². The number of aromatic amines is 1. The SMILES string of the molecule is O=C(CN1CC[C@@](OC(F)F)(C(=O)Nc2ccc3[nH]nc(-c4ccnc(C5CC5)c4)c3c2)C1)N1CC=C(c2ccc(-c3ncccn3)cc2)CC1. The van der Waals surface area contributed by atoms with E-state index in [-0.39, 0.29) is 32.0 Å². The fraction of sp³-hybridized carbons (Fsp3) is 0.316. The van der Waals surface area contributed by atoms with Crippen molar-refractivity contribution in [1.82, 2.24) is 34.9 Å². The number of hydrogen-bond acceptors (Lipinski definition) is 8. The molecule has 3 aliphatic rings. The van der Waals surface area contributed by atoms with Crippen LogP contribution in [0.4, 0.5) is 14.5 Å². The summed E-state index contributed by atoms with van der Waals surface area (Å²) in [5.41, 5.74) is 5.18. The van der Waals surface area contributed by atoms with E-state index in [4.69, 9.17) is 4.74 Å². The highest BCUT2D eigenvalue weighted by atomic mass is 19.3. The molecule has 260 valence electrons. The van der Waals surface area contributed by atoms with Crippen LogP contribution >= 0.6 is 0 Å². The Bertz CT molecular complexity index is 2100. The third kappa shape index (κ3) is 6.99. The van der Waals surface area contributed by atoms with Gasteiger partial charge in [-0.3, -0.25) is 24.6 Å². The first-order valence-electron chi connectivity index (χ1n) is 17.1. The Morgan fingerprint density at radius 2 is 1.76 bits per heavy atom. The number of pyridine rings is 1. The van der Waals surface area contributed by atoms with Gasteiger partial charge in [0.2, 0.25) is 5.91 Å². The van der Waals surface area contributed by atoms with Crippen LogP contribution in [-0.4, -0.2) is 91.7 Å². The fourth-order valence-corrected chi connectivity index (χ4v) is 6.98. The number of anilines is 1. The molecule has 51 heavy (non-hydrogen) atoms. The zero-order valence-corrected chi connectivity index (χ0v) is 27.8. The molecule has 0 radical (unpaired) electrons. The molecule has 2 fully saturated rings. The lowest BCUT2D eigenvalue weighted by molar-refractivity contribution is -0.204. The molecule has 3 aromatic heterocycles. The van der Waals surface area contributed by atoms with Gasteiger partial charge < -0.3 is 15.0 Å². The van der Waals surface area contributed by atoms with Gasteiger partial charge in [-0.2, -0.15) is 13.9 Å². The molecule has 2 N–H and O–H groups in total. The molecule has 1 atom stereocenters. The van der Waals surface area contributed by atoms with E-state index in [0.29, 0.717) is 42.6 Å². The predicted octanol–water partition coefficient (Wildman–Crippen LogP) is 5.90. The van der Waals surface area contributed by atoms with E-state index in [2.05, 4.69) is 30.5 Å².